The minimum Gasteiger partial charge on any atom is -0.497 e. The van der Waals surface area contributed by atoms with Crippen LogP contribution in [0.1, 0.15) is 6.42 Å². The van der Waals surface area contributed by atoms with E-state index in [4.69, 9.17) is 16.3 Å². The fourth-order valence-corrected chi connectivity index (χ4v) is 3.56. The van der Waals surface area contributed by atoms with E-state index in [1.807, 2.05) is 25.2 Å². The first-order valence-corrected chi connectivity index (χ1v) is 9.21. The van der Waals surface area contributed by atoms with Crippen molar-refractivity contribution in [2.75, 3.05) is 23.9 Å². The van der Waals surface area contributed by atoms with Crippen molar-refractivity contribution in [1.82, 2.24) is 9.55 Å². The van der Waals surface area contributed by atoms with Gasteiger partial charge in [0.2, 0.25) is 17.8 Å². The van der Waals surface area contributed by atoms with Crippen LogP contribution in [0, 0.1) is 5.92 Å². The molecule has 0 spiro atoms. The van der Waals surface area contributed by atoms with Crippen LogP contribution in [0.15, 0.2) is 42.5 Å². The number of aryl methyl sites for hydroxylation is 1. The highest BCUT2D eigenvalue weighted by molar-refractivity contribution is 6.31. The number of halogens is 1. The average molecular weight is 399 g/mol. The normalized spacial score (nSPS) is 16.6. The van der Waals surface area contributed by atoms with Crippen LogP contribution in [0.3, 0.4) is 0 Å². The largest absolute Gasteiger partial charge is 0.497 e. The second-order valence-corrected chi connectivity index (χ2v) is 7.16. The maximum Gasteiger partial charge on any atom is 0.232 e. The first-order chi connectivity index (χ1) is 13.5. The van der Waals surface area contributed by atoms with Gasteiger partial charge in [0.1, 0.15) is 5.75 Å². The second-order valence-electron chi connectivity index (χ2n) is 6.72. The molecule has 1 N–H and O–H groups in total. The van der Waals surface area contributed by atoms with E-state index in [0.717, 1.165) is 11.2 Å². The monoisotopic (exact) mass is 398 g/mol. The Labute approximate surface area is 166 Å². The number of nitrogens with zero attached hydrogens (tertiary/aromatic N) is 3. The van der Waals surface area contributed by atoms with E-state index in [-0.39, 0.29) is 18.2 Å². The molecule has 1 unspecified atom stereocenters. The SMILES string of the molecule is COc1ccc(N2CC(C(=O)Nc3nc4cc(Cl)ccc4n3C)CC2=O)cc1. The molecule has 2 aromatic carbocycles. The number of carbonyl (C=O) groups is 2. The van der Waals surface area contributed by atoms with Gasteiger partial charge in [-0.25, -0.2) is 4.98 Å². The maximum absolute atomic E-state index is 12.7. The number of carbonyl (C=O) groups excluding carboxylic acids is 2. The number of amides is 2. The number of nitrogens with one attached hydrogen (secondary N) is 1. The molecule has 1 aliphatic rings. The molecule has 0 bridgehead atoms. The number of fused-ring (bicyclic) bond motifs is 1. The van der Waals surface area contributed by atoms with E-state index in [1.54, 1.807) is 40.8 Å². The summed E-state index contributed by atoms with van der Waals surface area (Å²) in [6, 6.07) is 12.6. The van der Waals surface area contributed by atoms with Crippen LogP contribution in [-0.4, -0.2) is 35.0 Å². The number of benzene rings is 2. The minimum absolute atomic E-state index is 0.0814. The third-order valence-corrected chi connectivity index (χ3v) is 5.19. The van der Waals surface area contributed by atoms with Gasteiger partial charge < -0.3 is 14.2 Å². The molecule has 144 valence electrons. The zero-order valence-corrected chi connectivity index (χ0v) is 16.2. The lowest BCUT2D eigenvalue weighted by Gasteiger charge is -2.17. The molecule has 4 rings (SSSR count). The Balaban J connectivity index is 1.50. The summed E-state index contributed by atoms with van der Waals surface area (Å²) in [6.07, 6.45) is 0.160. The Morgan fingerprint density at radius 2 is 2.00 bits per heavy atom. The second kappa shape index (κ2) is 7.16. The first kappa shape index (κ1) is 18.3. The fourth-order valence-electron chi connectivity index (χ4n) is 3.39. The zero-order chi connectivity index (χ0) is 19.8. The summed E-state index contributed by atoms with van der Waals surface area (Å²) in [6.45, 7) is 0.326. The maximum atomic E-state index is 12.7. The summed E-state index contributed by atoms with van der Waals surface area (Å²) >= 11 is 6.01. The van der Waals surface area contributed by atoms with Crippen molar-refractivity contribution >= 4 is 46.1 Å². The predicted molar refractivity (Wildman–Crippen MR) is 108 cm³/mol. The van der Waals surface area contributed by atoms with E-state index in [1.165, 1.54) is 0 Å². The van der Waals surface area contributed by atoms with Gasteiger partial charge in [-0.05, 0) is 42.5 Å². The molecule has 28 heavy (non-hydrogen) atoms. The molecular formula is C20H19ClN4O3. The number of rotatable bonds is 4. The van der Waals surface area contributed by atoms with E-state index < -0.39 is 5.92 Å². The molecule has 0 saturated carbocycles. The number of hydrogen-bond acceptors (Lipinski definition) is 4. The summed E-state index contributed by atoms with van der Waals surface area (Å²) in [7, 11) is 3.41. The quantitative estimate of drug-likeness (QED) is 0.732. The van der Waals surface area contributed by atoms with Gasteiger partial charge in [0, 0.05) is 30.7 Å². The van der Waals surface area contributed by atoms with Crippen LogP contribution < -0.4 is 15.0 Å². The topological polar surface area (TPSA) is 76.5 Å². The van der Waals surface area contributed by atoms with Crippen molar-refractivity contribution in [3.8, 4) is 5.75 Å². The number of ether oxygens (including phenoxy) is 1. The minimum atomic E-state index is -0.446. The molecule has 1 atom stereocenters. The van der Waals surface area contributed by atoms with Gasteiger partial charge in [0.05, 0.1) is 24.1 Å². The third-order valence-electron chi connectivity index (χ3n) is 4.96. The van der Waals surface area contributed by atoms with E-state index >= 15 is 0 Å². The summed E-state index contributed by atoms with van der Waals surface area (Å²) in [5.74, 6) is 0.387. The molecule has 0 aliphatic carbocycles. The number of anilines is 2. The molecule has 8 heteroatoms. The van der Waals surface area contributed by atoms with Gasteiger partial charge in [0.25, 0.3) is 0 Å². The Bertz CT molecular complexity index is 1060. The summed E-state index contributed by atoms with van der Waals surface area (Å²) in [5, 5.41) is 3.43. The number of aromatic nitrogens is 2. The lowest BCUT2D eigenvalue weighted by atomic mass is 10.1. The Morgan fingerprint density at radius 1 is 1.25 bits per heavy atom. The molecule has 1 saturated heterocycles. The Hall–Kier alpha value is -3.06. The molecule has 2 amide bonds. The summed E-state index contributed by atoms with van der Waals surface area (Å²) in [4.78, 5) is 31.2. The van der Waals surface area contributed by atoms with Gasteiger partial charge in [-0.3, -0.25) is 14.9 Å². The van der Waals surface area contributed by atoms with Gasteiger partial charge in [0.15, 0.2) is 0 Å². The fraction of sp³-hybridized carbons (Fsp3) is 0.250. The molecule has 1 aliphatic heterocycles. The van der Waals surface area contributed by atoms with Gasteiger partial charge in [-0.1, -0.05) is 11.6 Å². The van der Waals surface area contributed by atoms with Crippen LogP contribution in [0.25, 0.3) is 11.0 Å². The van der Waals surface area contributed by atoms with Gasteiger partial charge in [-0.15, -0.1) is 0 Å². The van der Waals surface area contributed by atoms with Crippen molar-refractivity contribution in [2.24, 2.45) is 13.0 Å². The third kappa shape index (κ3) is 3.29. The van der Waals surface area contributed by atoms with E-state index in [2.05, 4.69) is 10.3 Å². The highest BCUT2D eigenvalue weighted by Gasteiger charge is 2.35. The number of imidazole rings is 1. The lowest BCUT2D eigenvalue weighted by molar-refractivity contribution is -0.122. The molecule has 3 aromatic rings. The zero-order valence-electron chi connectivity index (χ0n) is 15.5. The van der Waals surface area contributed by atoms with Crippen molar-refractivity contribution in [3.63, 3.8) is 0 Å². The van der Waals surface area contributed by atoms with Crippen LogP contribution >= 0.6 is 11.6 Å². The smallest absolute Gasteiger partial charge is 0.232 e. The van der Waals surface area contributed by atoms with Crippen LogP contribution in [0.2, 0.25) is 5.02 Å². The summed E-state index contributed by atoms with van der Waals surface area (Å²) < 4.78 is 6.94. The van der Waals surface area contributed by atoms with Crippen LogP contribution in [0.5, 0.6) is 5.75 Å². The van der Waals surface area contributed by atoms with Crippen LogP contribution in [0.4, 0.5) is 11.6 Å². The molecule has 0 radical (unpaired) electrons. The lowest BCUT2D eigenvalue weighted by Crippen LogP contribution is -2.28. The number of hydrogen-bond donors (Lipinski definition) is 1. The molecule has 1 fully saturated rings. The van der Waals surface area contributed by atoms with Gasteiger partial charge in [-0.2, -0.15) is 0 Å². The molecule has 2 heterocycles. The van der Waals surface area contributed by atoms with E-state index in [9.17, 15) is 9.59 Å². The molecular weight excluding hydrogens is 380 g/mol. The van der Waals surface area contributed by atoms with Crippen molar-refractivity contribution in [3.05, 3.63) is 47.5 Å². The molecule has 7 nitrogen and oxygen atoms in total. The van der Waals surface area contributed by atoms with Crippen molar-refractivity contribution in [2.45, 2.75) is 6.42 Å². The van der Waals surface area contributed by atoms with Crippen LogP contribution in [-0.2, 0) is 16.6 Å². The Kier molecular flexibility index (Phi) is 4.68. The number of methoxy groups -OCH3 is 1. The highest BCUT2D eigenvalue weighted by Crippen LogP contribution is 2.28. The Morgan fingerprint density at radius 3 is 2.71 bits per heavy atom. The highest BCUT2D eigenvalue weighted by atomic mass is 35.5. The van der Waals surface area contributed by atoms with Crippen molar-refractivity contribution in [1.29, 1.82) is 0 Å². The standard InChI is InChI=1S/C20H19ClN4O3/c1-24-17-8-3-13(21)10-16(17)22-20(24)23-19(27)12-9-18(26)25(11-12)14-4-6-15(28-2)7-5-14/h3-8,10,12H,9,11H2,1-2H3,(H,22,23,27). The van der Waals surface area contributed by atoms with Crippen molar-refractivity contribution < 1.29 is 14.3 Å². The van der Waals surface area contributed by atoms with E-state index in [0.29, 0.717) is 28.8 Å². The predicted octanol–water partition coefficient (Wildman–Crippen LogP) is 3.23. The average Bonchev–Trinajstić information content (AvgIpc) is 3.22. The molecule has 1 aromatic heterocycles. The first-order valence-electron chi connectivity index (χ1n) is 8.83. The summed E-state index contributed by atoms with van der Waals surface area (Å²) in [5.41, 5.74) is 2.31. The van der Waals surface area contributed by atoms with Gasteiger partial charge >= 0.3 is 0 Å².